The van der Waals surface area contributed by atoms with Gasteiger partial charge in [-0.3, -0.25) is 5.43 Å². The topological polar surface area (TPSA) is 49.6 Å². The molecule has 2 aliphatic rings. The summed E-state index contributed by atoms with van der Waals surface area (Å²) >= 11 is 5.23. The Hall–Kier alpha value is -1.36. The lowest BCUT2D eigenvalue weighted by molar-refractivity contribution is 0.389. The molecule has 1 aromatic rings. The van der Waals surface area contributed by atoms with Crippen LogP contribution in [0.1, 0.15) is 31.4 Å². The number of furan rings is 1. The van der Waals surface area contributed by atoms with Gasteiger partial charge in [0.25, 0.3) is 0 Å². The highest BCUT2D eigenvalue weighted by molar-refractivity contribution is 7.80. The second-order valence-corrected chi connectivity index (χ2v) is 5.55. The number of nitrogens with one attached hydrogen (secondary N) is 2. The van der Waals surface area contributed by atoms with E-state index in [-0.39, 0.29) is 0 Å². The van der Waals surface area contributed by atoms with E-state index in [0.29, 0.717) is 16.9 Å². The van der Waals surface area contributed by atoms with Crippen LogP contribution in [0.2, 0.25) is 0 Å². The fraction of sp³-hybridized carbons (Fsp3) is 0.538. The van der Waals surface area contributed by atoms with Gasteiger partial charge in [-0.05, 0) is 55.4 Å². The molecule has 2 N–H and O–H groups in total. The number of thiocarbonyl (C=S) groups is 1. The van der Waals surface area contributed by atoms with Crippen LogP contribution in [0.25, 0.3) is 0 Å². The monoisotopic (exact) mass is 263 g/mol. The highest BCUT2D eigenvalue weighted by atomic mass is 32.1. The third-order valence-corrected chi connectivity index (χ3v) is 4.16. The Balaban J connectivity index is 1.45. The van der Waals surface area contributed by atoms with Crippen molar-refractivity contribution in [2.75, 3.05) is 0 Å². The van der Waals surface area contributed by atoms with Gasteiger partial charge < -0.3 is 9.73 Å². The second-order valence-electron chi connectivity index (χ2n) is 5.14. The number of hydrogen-bond acceptors (Lipinski definition) is 3. The van der Waals surface area contributed by atoms with E-state index in [2.05, 4.69) is 15.8 Å². The molecule has 0 radical (unpaired) electrons. The molecule has 2 bridgehead atoms. The molecule has 0 spiro atoms. The average Bonchev–Trinajstić information content (AvgIpc) is 3.04. The molecule has 4 nitrogen and oxygen atoms in total. The lowest BCUT2D eigenvalue weighted by Gasteiger charge is -2.23. The summed E-state index contributed by atoms with van der Waals surface area (Å²) in [6.07, 6.45) is 8.62. The van der Waals surface area contributed by atoms with Crippen molar-refractivity contribution in [3.05, 3.63) is 24.2 Å². The van der Waals surface area contributed by atoms with Crippen LogP contribution in [-0.4, -0.2) is 17.4 Å². The molecule has 3 rings (SSSR count). The van der Waals surface area contributed by atoms with Crippen LogP contribution < -0.4 is 10.7 Å². The highest BCUT2D eigenvalue weighted by Crippen LogP contribution is 2.44. The van der Waals surface area contributed by atoms with Gasteiger partial charge in [0.15, 0.2) is 5.11 Å². The molecule has 2 saturated carbocycles. The van der Waals surface area contributed by atoms with Gasteiger partial charge in [0.2, 0.25) is 0 Å². The largest absolute Gasteiger partial charge is 0.463 e. The number of hydrogen-bond donors (Lipinski definition) is 2. The van der Waals surface area contributed by atoms with Crippen LogP contribution in [0.15, 0.2) is 27.9 Å². The summed E-state index contributed by atoms with van der Waals surface area (Å²) in [4.78, 5) is 0. The van der Waals surface area contributed by atoms with Crippen molar-refractivity contribution in [3.63, 3.8) is 0 Å². The summed E-state index contributed by atoms with van der Waals surface area (Å²) in [5.41, 5.74) is 2.84. The van der Waals surface area contributed by atoms with Gasteiger partial charge in [-0.15, -0.1) is 0 Å². The van der Waals surface area contributed by atoms with Crippen LogP contribution in [0.5, 0.6) is 0 Å². The Labute approximate surface area is 112 Å². The van der Waals surface area contributed by atoms with Gasteiger partial charge in [0.05, 0.1) is 12.5 Å². The molecule has 1 aromatic heterocycles. The molecule has 0 saturated heterocycles. The summed E-state index contributed by atoms with van der Waals surface area (Å²) in [5, 5.41) is 8.02. The molecule has 2 fully saturated rings. The van der Waals surface area contributed by atoms with Crippen molar-refractivity contribution >= 4 is 23.5 Å². The SMILES string of the molecule is S=C(N/N=C\c1ccco1)N[C@H]1C[C@@H]2CC[C@H]1C2. The lowest BCUT2D eigenvalue weighted by Crippen LogP contribution is -2.42. The number of hydrazone groups is 1. The molecule has 0 aliphatic heterocycles. The van der Waals surface area contributed by atoms with Gasteiger partial charge in [-0.2, -0.15) is 5.10 Å². The predicted octanol–water partition coefficient (Wildman–Crippen LogP) is 2.27. The normalized spacial score (nSPS) is 29.9. The molecular weight excluding hydrogens is 246 g/mol. The van der Waals surface area contributed by atoms with Crippen LogP contribution in [0.3, 0.4) is 0 Å². The summed E-state index contributed by atoms with van der Waals surface area (Å²) in [6, 6.07) is 4.22. The molecule has 5 heteroatoms. The van der Waals surface area contributed by atoms with Crippen molar-refractivity contribution in [2.45, 2.75) is 31.7 Å². The van der Waals surface area contributed by atoms with Crippen molar-refractivity contribution in [1.82, 2.24) is 10.7 Å². The third kappa shape index (κ3) is 2.56. The summed E-state index contributed by atoms with van der Waals surface area (Å²) in [7, 11) is 0. The van der Waals surface area contributed by atoms with Crippen molar-refractivity contribution < 1.29 is 4.42 Å². The minimum atomic E-state index is 0.544. The fourth-order valence-corrected chi connectivity index (χ4v) is 3.35. The molecule has 0 unspecified atom stereocenters. The van der Waals surface area contributed by atoms with Crippen molar-refractivity contribution in [2.24, 2.45) is 16.9 Å². The van der Waals surface area contributed by atoms with E-state index in [0.717, 1.165) is 11.8 Å². The van der Waals surface area contributed by atoms with Crippen LogP contribution in [0.4, 0.5) is 0 Å². The molecule has 96 valence electrons. The zero-order valence-electron chi connectivity index (χ0n) is 10.1. The van der Waals surface area contributed by atoms with E-state index in [1.54, 1.807) is 12.5 Å². The van der Waals surface area contributed by atoms with E-state index in [4.69, 9.17) is 16.6 Å². The summed E-state index contributed by atoms with van der Waals surface area (Å²) < 4.78 is 5.14. The molecule has 3 atom stereocenters. The van der Waals surface area contributed by atoms with Crippen molar-refractivity contribution in [1.29, 1.82) is 0 Å². The zero-order chi connectivity index (χ0) is 12.4. The summed E-state index contributed by atoms with van der Waals surface area (Å²) in [5.74, 6) is 2.44. The van der Waals surface area contributed by atoms with Gasteiger partial charge >= 0.3 is 0 Å². The average molecular weight is 263 g/mol. The Morgan fingerprint density at radius 2 is 2.39 bits per heavy atom. The Morgan fingerprint density at radius 1 is 1.44 bits per heavy atom. The first-order chi connectivity index (χ1) is 8.81. The first-order valence-electron chi connectivity index (χ1n) is 6.44. The Kier molecular flexibility index (Phi) is 3.32. The predicted molar refractivity (Wildman–Crippen MR) is 74.4 cm³/mol. The molecule has 18 heavy (non-hydrogen) atoms. The van der Waals surface area contributed by atoms with Gasteiger partial charge in [0, 0.05) is 6.04 Å². The van der Waals surface area contributed by atoms with Crippen LogP contribution in [-0.2, 0) is 0 Å². The molecule has 2 aliphatic carbocycles. The lowest BCUT2D eigenvalue weighted by atomic mass is 9.96. The fourth-order valence-electron chi connectivity index (χ4n) is 3.14. The van der Waals surface area contributed by atoms with Crippen LogP contribution >= 0.6 is 12.2 Å². The first kappa shape index (κ1) is 11.7. The minimum absolute atomic E-state index is 0.544. The smallest absolute Gasteiger partial charge is 0.187 e. The van der Waals surface area contributed by atoms with Gasteiger partial charge in [-0.25, -0.2) is 0 Å². The van der Waals surface area contributed by atoms with E-state index in [9.17, 15) is 0 Å². The van der Waals surface area contributed by atoms with Crippen molar-refractivity contribution in [3.8, 4) is 0 Å². The Bertz CT molecular complexity index is 443. The second kappa shape index (κ2) is 5.10. The van der Waals surface area contributed by atoms with E-state index < -0.39 is 0 Å². The Morgan fingerprint density at radius 3 is 3.06 bits per heavy atom. The van der Waals surface area contributed by atoms with Crippen LogP contribution in [0, 0.1) is 11.8 Å². The molecule has 0 amide bonds. The highest BCUT2D eigenvalue weighted by Gasteiger charge is 2.39. The first-order valence-corrected chi connectivity index (χ1v) is 6.85. The van der Waals surface area contributed by atoms with E-state index in [1.807, 2.05) is 12.1 Å². The molecule has 1 heterocycles. The number of nitrogens with zero attached hydrogens (tertiary/aromatic N) is 1. The van der Waals surface area contributed by atoms with Gasteiger partial charge in [0.1, 0.15) is 5.76 Å². The van der Waals surface area contributed by atoms with E-state index in [1.165, 1.54) is 25.7 Å². The third-order valence-electron chi connectivity index (χ3n) is 3.96. The summed E-state index contributed by atoms with van der Waals surface area (Å²) in [6.45, 7) is 0. The maximum Gasteiger partial charge on any atom is 0.187 e. The molecular formula is C13H17N3OS. The standard InChI is InChI=1S/C13H17N3OS/c18-13(16-14-8-11-2-1-5-17-11)15-12-7-9-3-4-10(12)6-9/h1-2,5,8-10,12H,3-4,6-7H2,(H2,15,16,18)/b14-8-/t9-,10+,12+/m1/s1. The van der Waals surface area contributed by atoms with Gasteiger partial charge in [-0.1, -0.05) is 6.42 Å². The minimum Gasteiger partial charge on any atom is -0.463 e. The maximum absolute atomic E-state index is 5.23. The maximum atomic E-state index is 5.23. The zero-order valence-corrected chi connectivity index (χ0v) is 11.0. The molecule has 0 aromatic carbocycles. The number of fused-ring (bicyclic) bond motifs is 2. The number of rotatable bonds is 3. The quantitative estimate of drug-likeness (QED) is 0.499. The van der Waals surface area contributed by atoms with E-state index >= 15 is 0 Å².